The van der Waals surface area contributed by atoms with E-state index in [1.807, 2.05) is 18.3 Å². The largest absolute Gasteiger partial charge is 0.345 e. The van der Waals surface area contributed by atoms with Crippen molar-refractivity contribution < 1.29 is 9.59 Å². The number of halogens is 1. The van der Waals surface area contributed by atoms with E-state index >= 15 is 0 Å². The van der Waals surface area contributed by atoms with E-state index in [4.69, 9.17) is 0 Å². The van der Waals surface area contributed by atoms with Gasteiger partial charge in [-0.15, -0.1) is 12.4 Å². The number of rotatable bonds is 2. The van der Waals surface area contributed by atoms with Crippen LogP contribution in [0.3, 0.4) is 0 Å². The molecule has 0 saturated heterocycles. The summed E-state index contributed by atoms with van der Waals surface area (Å²) in [4.78, 5) is 40.8. The minimum absolute atomic E-state index is 0. The third kappa shape index (κ3) is 2.44. The predicted octanol–water partition coefficient (Wildman–Crippen LogP) is 1.90. The van der Waals surface area contributed by atoms with Gasteiger partial charge in [-0.1, -0.05) is 18.2 Å². The first-order valence-electron chi connectivity index (χ1n) is 9.24. The van der Waals surface area contributed by atoms with Crippen LogP contribution in [-0.4, -0.2) is 38.4 Å². The molecule has 0 bridgehead atoms. The number of aromatic nitrogens is 3. The van der Waals surface area contributed by atoms with Crippen molar-refractivity contribution in [3.63, 3.8) is 0 Å². The van der Waals surface area contributed by atoms with Crippen LogP contribution in [0.1, 0.15) is 16.8 Å². The highest BCUT2D eigenvalue weighted by Crippen LogP contribution is 2.37. The summed E-state index contributed by atoms with van der Waals surface area (Å²) >= 11 is 0. The maximum absolute atomic E-state index is 12.9. The highest BCUT2D eigenvalue weighted by molar-refractivity contribution is 6.47. The lowest BCUT2D eigenvalue weighted by molar-refractivity contribution is -0.123. The van der Waals surface area contributed by atoms with Crippen molar-refractivity contribution in [3.8, 4) is 0 Å². The van der Waals surface area contributed by atoms with E-state index in [2.05, 4.69) is 31.2 Å². The number of para-hydroxylation sites is 1. The fraction of sp³-hybridized carbons (Fsp3) is 0.0952. The summed E-state index contributed by atoms with van der Waals surface area (Å²) < 4.78 is 1.70. The van der Waals surface area contributed by atoms with Crippen molar-refractivity contribution in [2.24, 2.45) is 4.99 Å². The maximum atomic E-state index is 12.9. The van der Waals surface area contributed by atoms with E-state index in [0.29, 0.717) is 17.2 Å². The molecule has 8 nitrogen and oxygen atoms in total. The molecular formula is C21H15ClN6O2. The number of imidazole rings is 1. The number of carbonyl (C=O) groups is 2. The number of aliphatic imine (C=N–C) groups is 1. The molecule has 0 unspecified atom stereocenters. The van der Waals surface area contributed by atoms with Crippen LogP contribution in [0.15, 0.2) is 65.8 Å². The summed E-state index contributed by atoms with van der Waals surface area (Å²) in [6.07, 6.45) is 9.48. The van der Waals surface area contributed by atoms with Crippen LogP contribution >= 0.6 is 12.4 Å². The van der Waals surface area contributed by atoms with Crippen LogP contribution in [0.5, 0.6) is 0 Å². The van der Waals surface area contributed by atoms with E-state index in [9.17, 15) is 9.59 Å². The van der Waals surface area contributed by atoms with Crippen LogP contribution in [0.25, 0.3) is 11.4 Å². The zero-order valence-corrected chi connectivity index (χ0v) is 16.4. The van der Waals surface area contributed by atoms with Crippen molar-refractivity contribution in [3.05, 3.63) is 77.6 Å². The Bertz CT molecular complexity index is 1340. The second-order valence-corrected chi connectivity index (χ2v) is 7.00. The molecule has 0 spiro atoms. The second kappa shape index (κ2) is 6.64. The summed E-state index contributed by atoms with van der Waals surface area (Å²) in [5, 5.41) is 2.43. The Morgan fingerprint density at radius 1 is 1.03 bits per heavy atom. The molecule has 3 aliphatic rings. The van der Waals surface area contributed by atoms with Gasteiger partial charge in [-0.3, -0.25) is 24.3 Å². The number of hydrogen-bond donors (Lipinski definition) is 1. The van der Waals surface area contributed by atoms with Gasteiger partial charge in [0.25, 0.3) is 11.8 Å². The Morgan fingerprint density at radius 3 is 2.80 bits per heavy atom. The number of nitrogens with one attached hydrogen (secondary N) is 1. The third-order valence-corrected chi connectivity index (χ3v) is 5.45. The van der Waals surface area contributed by atoms with Crippen molar-refractivity contribution in [2.75, 3.05) is 11.4 Å². The lowest BCUT2D eigenvalue weighted by atomic mass is 9.94. The van der Waals surface area contributed by atoms with Gasteiger partial charge in [0.1, 0.15) is 0 Å². The summed E-state index contributed by atoms with van der Waals surface area (Å²) in [6, 6.07) is 7.74. The van der Waals surface area contributed by atoms with Gasteiger partial charge in [0.05, 0.1) is 34.4 Å². The van der Waals surface area contributed by atoms with Gasteiger partial charge < -0.3 is 4.90 Å². The SMILES string of the molecule is Cl.O=C1NC(=O)C(c2cnc3ncccn23)=C1C1=NC=CN2CCc3cccc1c32. The van der Waals surface area contributed by atoms with Crippen LogP contribution in [0, 0.1) is 0 Å². The molecule has 1 aromatic carbocycles. The Labute approximate surface area is 177 Å². The Balaban J connectivity index is 0.00000193. The molecule has 148 valence electrons. The number of amides is 2. The standard InChI is InChI=1S/C21H14N6O2.ClH/c28-19-15(14-11-24-21-23-6-2-8-27(14)21)16(20(29)25-19)17-13-4-1-3-12-5-9-26(18(12)13)10-7-22-17;/h1-4,6-8,10-11H,5,9H2,(H,25,28,29);1H. The molecule has 0 fully saturated rings. The van der Waals surface area contributed by atoms with Gasteiger partial charge >= 0.3 is 0 Å². The van der Waals surface area contributed by atoms with E-state index in [1.165, 1.54) is 5.56 Å². The molecule has 3 aliphatic heterocycles. The van der Waals surface area contributed by atoms with Crippen molar-refractivity contribution in [2.45, 2.75) is 6.42 Å². The molecule has 0 aliphatic carbocycles. The average molecular weight is 419 g/mol. The van der Waals surface area contributed by atoms with Gasteiger partial charge in [-0.05, 0) is 18.1 Å². The third-order valence-electron chi connectivity index (χ3n) is 5.45. The highest BCUT2D eigenvalue weighted by atomic mass is 35.5. The lowest BCUT2D eigenvalue weighted by Gasteiger charge is -2.17. The first-order valence-corrected chi connectivity index (χ1v) is 9.24. The van der Waals surface area contributed by atoms with Crippen LogP contribution in [-0.2, 0) is 16.0 Å². The minimum Gasteiger partial charge on any atom is -0.345 e. The highest BCUT2D eigenvalue weighted by Gasteiger charge is 2.38. The number of nitrogens with zero attached hydrogens (tertiary/aromatic N) is 5. The first-order chi connectivity index (χ1) is 14.2. The fourth-order valence-corrected chi connectivity index (χ4v) is 4.22. The monoisotopic (exact) mass is 418 g/mol. The molecule has 1 N–H and O–H groups in total. The number of fused-ring (bicyclic) bond motifs is 1. The Hall–Kier alpha value is -3.78. The van der Waals surface area contributed by atoms with Crippen molar-refractivity contribution in [1.82, 2.24) is 19.7 Å². The molecular weight excluding hydrogens is 404 g/mol. The molecule has 0 saturated carbocycles. The van der Waals surface area contributed by atoms with Crippen molar-refractivity contribution >= 4 is 47.0 Å². The molecule has 2 amide bonds. The quantitative estimate of drug-likeness (QED) is 0.642. The predicted molar refractivity (Wildman–Crippen MR) is 113 cm³/mol. The number of imide groups is 1. The van der Waals surface area contributed by atoms with Gasteiger partial charge in [0.2, 0.25) is 5.78 Å². The summed E-state index contributed by atoms with van der Waals surface area (Å²) in [7, 11) is 0. The van der Waals surface area contributed by atoms with E-state index in [0.717, 1.165) is 24.2 Å². The van der Waals surface area contributed by atoms with E-state index in [-0.39, 0.29) is 23.6 Å². The lowest BCUT2D eigenvalue weighted by Crippen LogP contribution is -2.25. The zero-order valence-electron chi connectivity index (χ0n) is 15.6. The number of carbonyl (C=O) groups excluding carboxylic acids is 2. The smallest absolute Gasteiger partial charge is 0.261 e. The van der Waals surface area contributed by atoms with Crippen LogP contribution in [0.4, 0.5) is 5.69 Å². The topological polar surface area (TPSA) is 92.0 Å². The molecule has 6 rings (SSSR count). The Kier molecular flexibility index (Phi) is 4.04. The summed E-state index contributed by atoms with van der Waals surface area (Å²) in [5.74, 6) is -0.466. The van der Waals surface area contributed by atoms with Crippen molar-refractivity contribution in [1.29, 1.82) is 0 Å². The van der Waals surface area contributed by atoms with Gasteiger partial charge in [-0.25, -0.2) is 9.97 Å². The average Bonchev–Trinajstić information content (AvgIpc) is 3.37. The van der Waals surface area contributed by atoms with Crippen LogP contribution < -0.4 is 10.2 Å². The van der Waals surface area contributed by atoms with Gasteiger partial charge in [0.15, 0.2) is 0 Å². The van der Waals surface area contributed by atoms with Gasteiger partial charge in [-0.2, -0.15) is 0 Å². The number of anilines is 1. The molecule has 0 atom stereocenters. The zero-order chi connectivity index (χ0) is 19.5. The molecule has 9 heteroatoms. The summed E-state index contributed by atoms with van der Waals surface area (Å²) in [6.45, 7) is 0.863. The van der Waals surface area contributed by atoms with Gasteiger partial charge in [0, 0.05) is 36.9 Å². The van der Waals surface area contributed by atoms with Crippen LogP contribution in [0.2, 0.25) is 0 Å². The van der Waals surface area contributed by atoms with E-state index in [1.54, 1.807) is 35.3 Å². The Morgan fingerprint density at radius 2 is 1.90 bits per heavy atom. The fourth-order valence-electron chi connectivity index (χ4n) is 4.22. The molecule has 30 heavy (non-hydrogen) atoms. The normalized spacial score (nSPS) is 17.1. The maximum Gasteiger partial charge on any atom is 0.261 e. The molecule has 2 aromatic heterocycles. The minimum atomic E-state index is -0.462. The van der Waals surface area contributed by atoms with E-state index < -0.39 is 11.8 Å². The summed E-state index contributed by atoms with van der Waals surface area (Å²) in [5.41, 5.74) is 4.59. The molecule has 5 heterocycles. The molecule has 0 radical (unpaired) electrons. The number of hydrogen-bond acceptors (Lipinski definition) is 6. The second-order valence-electron chi connectivity index (χ2n) is 7.00. The molecule has 3 aromatic rings. The number of benzene rings is 1. The first kappa shape index (κ1) is 18.3.